The Morgan fingerprint density at radius 1 is 1.04 bits per heavy atom. The van der Waals surface area contributed by atoms with Crippen molar-refractivity contribution >= 4 is 27.9 Å². The number of rotatable bonds is 3. The van der Waals surface area contributed by atoms with Crippen molar-refractivity contribution in [2.24, 2.45) is 5.92 Å². The Kier molecular flexibility index (Phi) is 5.74. The van der Waals surface area contributed by atoms with Gasteiger partial charge in [0.05, 0.1) is 12.3 Å². The average molecular weight is 347 g/mol. The summed E-state index contributed by atoms with van der Waals surface area (Å²) in [5.41, 5.74) is 0. The molecular formula is C14H21NO7S. The largest absolute Gasteiger partial charge is 0.336 e. The number of carbonyl (C=O) groups is 3. The van der Waals surface area contributed by atoms with Crippen molar-refractivity contribution in [1.82, 2.24) is 5.06 Å². The minimum absolute atomic E-state index is 0.188. The Labute approximate surface area is 134 Å². The zero-order valence-corrected chi connectivity index (χ0v) is 13.6. The van der Waals surface area contributed by atoms with Gasteiger partial charge in [-0.25, -0.2) is 4.79 Å². The van der Waals surface area contributed by atoms with E-state index in [1.54, 1.807) is 0 Å². The predicted octanol–water partition coefficient (Wildman–Crippen LogP) is 1.21. The summed E-state index contributed by atoms with van der Waals surface area (Å²) in [7, 11) is -4.70. The van der Waals surface area contributed by atoms with Gasteiger partial charge in [0, 0.05) is 0 Å². The van der Waals surface area contributed by atoms with Gasteiger partial charge in [0.15, 0.2) is 5.25 Å². The number of nitrogens with zero attached hydrogens (tertiary/aromatic N) is 1. The first kappa shape index (κ1) is 17.9. The normalized spacial score (nSPS) is 24.9. The second-order valence-electron chi connectivity index (χ2n) is 6.04. The third-order valence-corrected chi connectivity index (χ3v) is 5.38. The molecule has 2 aliphatic rings. The van der Waals surface area contributed by atoms with E-state index in [1.807, 2.05) is 0 Å². The molecule has 0 aromatic heterocycles. The molecule has 1 saturated carbocycles. The fourth-order valence-electron chi connectivity index (χ4n) is 2.94. The lowest BCUT2D eigenvalue weighted by atomic mass is 9.97. The maximum atomic E-state index is 12.2. The van der Waals surface area contributed by atoms with E-state index >= 15 is 0 Å². The Morgan fingerprint density at radius 2 is 1.57 bits per heavy atom. The van der Waals surface area contributed by atoms with Crippen LogP contribution in [0.4, 0.5) is 0 Å². The van der Waals surface area contributed by atoms with E-state index < -0.39 is 45.5 Å². The van der Waals surface area contributed by atoms with Gasteiger partial charge >= 0.3 is 5.97 Å². The zero-order chi connectivity index (χ0) is 17.0. The van der Waals surface area contributed by atoms with Crippen LogP contribution in [0.1, 0.15) is 57.8 Å². The standard InChI is InChI=1S/C14H21NO7S/c16-12-9-11(23(19,20)21)13(17)15(12)22-14(18)10-7-5-3-1-2-4-6-8-10/h10-11H,1-9H2,(H,19,20,21). The van der Waals surface area contributed by atoms with Crippen molar-refractivity contribution in [3.63, 3.8) is 0 Å². The quantitative estimate of drug-likeness (QED) is 0.602. The van der Waals surface area contributed by atoms with E-state index in [4.69, 9.17) is 9.39 Å². The average Bonchev–Trinajstić information content (AvgIpc) is 2.82. The minimum Gasteiger partial charge on any atom is -0.330 e. The molecule has 1 atom stereocenters. The SMILES string of the molecule is O=C(ON1C(=O)CC(S(=O)(=O)O)C1=O)C1CCCCCCCC1. The van der Waals surface area contributed by atoms with Crippen LogP contribution in [0.25, 0.3) is 0 Å². The third kappa shape index (κ3) is 4.51. The van der Waals surface area contributed by atoms with E-state index in [1.165, 1.54) is 0 Å². The summed E-state index contributed by atoms with van der Waals surface area (Å²) in [4.78, 5) is 40.6. The van der Waals surface area contributed by atoms with Gasteiger partial charge in [0.2, 0.25) is 0 Å². The maximum absolute atomic E-state index is 12.2. The summed E-state index contributed by atoms with van der Waals surface area (Å²) in [6.45, 7) is 0. The van der Waals surface area contributed by atoms with Crippen LogP contribution in [0.5, 0.6) is 0 Å². The molecule has 1 heterocycles. The fourth-order valence-corrected chi connectivity index (χ4v) is 3.65. The molecule has 130 valence electrons. The van der Waals surface area contributed by atoms with Crippen molar-refractivity contribution in [3.8, 4) is 0 Å². The van der Waals surface area contributed by atoms with Crippen LogP contribution in [0.15, 0.2) is 0 Å². The highest BCUT2D eigenvalue weighted by Gasteiger charge is 2.48. The lowest BCUT2D eigenvalue weighted by molar-refractivity contribution is -0.201. The molecule has 1 N–H and O–H groups in total. The van der Waals surface area contributed by atoms with Gasteiger partial charge in [0.1, 0.15) is 0 Å². The molecule has 2 amide bonds. The summed E-state index contributed by atoms with van der Waals surface area (Å²) in [6.07, 6.45) is 6.57. The second-order valence-corrected chi connectivity index (χ2v) is 7.64. The summed E-state index contributed by atoms with van der Waals surface area (Å²) >= 11 is 0. The number of hydroxylamine groups is 2. The van der Waals surface area contributed by atoms with Crippen LogP contribution >= 0.6 is 0 Å². The molecule has 0 spiro atoms. The number of carbonyl (C=O) groups excluding carboxylic acids is 3. The lowest BCUT2D eigenvalue weighted by Gasteiger charge is -2.18. The molecule has 1 saturated heterocycles. The van der Waals surface area contributed by atoms with Gasteiger partial charge in [-0.15, -0.1) is 5.06 Å². The van der Waals surface area contributed by atoms with Gasteiger partial charge in [-0.05, 0) is 12.8 Å². The molecule has 1 unspecified atom stereocenters. The van der Waals surface area contributed by atoms with Gasteiger partial charge < -0.3 is 4.84 Å². The van der Waals surface area contributed by atoms with Crippen molar-refractivity contribution in [3.05, 3.63) is 0 Å². The fraction of sp³-hybridized carbons (Fsp3) is 0.786. The van der Waals surface area contributed by atoms with E-state index in [-0.39, 0.29) is 5.06 Å². The van der Waals surface area contributed by atoms with Crippen molar-refractivity contribution < 1.29 is 32.2 Å². The van der Waals surface area contributed by atoms with E-state index in [9.17, 15) is 22.8 Å². The van der Waals surface area contributed by atoms with Crippen LogP contribution in [0, 0.1) is 5.92 Å². The second kappa shape index (κ2) is 7.39. The molecule has 2 fully saturated rings. The summed E-state index contributed by atoms with van der Waals surface area (Å²) in [5, 5.41) is -1.70. The van der Waals surface area contributed by atoms with Crippen LogP contribution in [0.2, 0.25) is 0 Å². The molecular weight excluding hydrogens is 326 g/mol. The highest BCUT2D eigenvalue weighted by Crippen LogP contribution is 2.25. The van der Waals surface area contributed by atoms with Gasteiger partial charge in [-0.1, -0.05) is 38.5 Å². The molecule has 0 radical (unpaired) electrons. The Balaban J connectivity index is 2.01. The topological polar surface area (TPSA) is 118 Å². The summed E-state index contributed by atoms with van der Waals surface area (Å²) in [6, 6.07) is 0. The minimum atomic E-state index is -4.70. The Hall–Kier alpha value is -1.48. The maximum Gasteiger partial charge on any atom is 0.336 e. The zero-order valence-electron chi connectivity index (χ0n) is 12.8. The van der Waals surface area contributed by atoms with E-state index in [0.29, 0.717) is 12.8 Å². The number of amides is 2. The molecule has 9 heteroatoms. The van der Waals surface area contributed by atoms with Crippen LogP contribution < -0.4 is 0 Å². The molecule has 0 bridgehead atoms. The molecule has 8 nitrogen and oxygen atoms in total. The highest BCUT2D eigenvalue weighted by atomic mass is 32.2. The van der Waals surface area contributed by atoms with Crippen molar-refractivity contribution in [2.45, 2.75) is 63.0 Å². The number of hydrogen-bond acceptors (Lipinski definition) is 6. The third-order valence-electron chi connectivity index (χ3n) is 4.29. The smallest absolute Gasteiger partial charge is 0.330 e. The highest BCUT2D eigenvalue weighted by molar-refractivity contribution is 7.87. The Morgan fingerprint density at radius 3 is 2.04 bits per heavy atom. The molecule has 0 aromatic rings. The van der Waals surface area contributed by atoms with Crippen LogP contribution in [-0.4, -0.2) is 41.1 Å². The first-order chi connectivity index (χ1) is 10.8. The van der Waals surface area contributed by atoms with Crippen molar-refractivity contribution in [2.75, 3.05) is 0 Å². The molecule has 2 rings (SSSR count). The van der Waals surface area contributed by atoms with Gasteiger partial charge in [-0.2, -0.15) is 8.42 Å². The first-order valence-corrected chi connectivity index (χ1v) is 9.36. The molecule has 1 aliphatic carbocycles. The molecule has 0 aromatic carbocycles. The van der Waals surface area contributed by atoms with E-state index in [0.717, 1.165) is 38.5 Å². The monoisotopic (exact) mass is 347 g/mol. The van der Waals surface area contributed by atoms with Crippen LogP contribution in [0.3, 0.4) is 0 Å². The van der Waals surface area contributed by atoms with Crippen LogP contribution in [-0.2, 0) is 29.3 Å². The van der Waals surface area contributed by atoms with Crippen molar-refractivity contribution in [1.29, 1.82) is 0 Å². The predicted molar refractivity (Wildman–Crippen MR) is 78.3 cm³/mol. The molecule has 1 aliphatic heterocycles. The van der Waals surface area contributed by atoms with E-state index in [2.05, 4.69) is 0 Å². The molecule has 23 heavy (non-hydrogen) atoms. The number of hydrogen-bond donors (Lipinski definition) is 1. The van der Waals surface area contributed by atoms with Gasteiger partial charge in [0.25, 0.3) is 21.9 Å². The number of imide groups is 1. The lowest BCUT2D eigenvalue weighted by Crippen LogP contribution is -2.38. The first-order valence-electron chi connectivity index (χ1n) is 7.85. The summed E-state index contributed by atoms with van der Waals surface area (Å²) < 4.78 is 31.1. The van der Waals surface area contributed by atoms with Gasteiger partial charge in [-0.3, -0.25) is 14.1 Å². The Bertz CT molecular complexity index is 576. The summed E-state index contributed by atoms with van der Waals surface area (Å²) in [5.74, 6) is -3.24.